The molecule has 0 aromatic heterocycles. The predicted octanol–water partition coefficient (Wildman–Crippen LogP) is 20.9. The van der Waals surface area contributed by atoms with Crippen molar-refractivity contribution in [3.8, 4) is 44.5 Å². The largest absolute Gasteiger partial charge is 0.307 e. The number of hydrogen-bond acceptors (Lipinski definition) is 2. The van der Waals surface area contributed by atoms with Crippen LogP contribution in [0.5, 0.6) is 0 Å². The monoisotopic (exact) mass is 999 g/mol. The fraction of sp³-hybridized carbons (Fsp3) is 0.111. The number of nitrogens with zero attached hydrogens (tertiary/aromatic N) is 2. The number of hydrogen-bond donors (Lipinski definition) is 0. The van der Waals surface area contributed by atoms with Gasteiger partial charge in [-0.25, -0.2) is 8.78 Å². The topological polar surface area (TPSA) is 6.48 Å². The Labute approximate surface area is 459 Å². The lowest BCUT2D eigenvalue weighted by atomic mass is 9.89. The summed E-state index contributed by atoms with van der Waals surface area (Å²) in [5.74, 6) is -1.40. The van der Waals surface area contributed by atoms with Crippen molar-refractivity contribution in [3.05, 3.63) is 262 Å². The fourth-order valence-corrected chi connectivity index (χ4v) is 11.5. The molecule has 0 aliphatic carbocycles. The number of halogens is 2. The Morgan fingerprint density at radius 2 is 0.605 bits per heavy atom. The van der Waals surface area contributed by atoms with Gasteiger partial charge in [-0.15, -0.1) is 0 Å². The maximum Gasteiger partial charge on any atom is 0.155 e. The van der Waals surface area contributed by atoms with Crippen LogP contribution in [0.2, 0.25) is 0 Å². The number of aryl methyl sites for hydroxylation is 8. The van der Waals surface area contributed by atoms with Gasteiger partial charge in [0.25, 0.3) is 0 Å². The zero-order chi connectivity index (χ0) is 61.2. The molecule has 0 amide bonds. The Morgan fingerprint density at radius 3 is 0.934 bits per heavy atom. The molecule has 0 unspecified atom stereocenters. The van der Waals surface area contributed by atoms with E-state index in [1.165, 1.54) is 9.80 Å². The van der Waals surface area contributed by atoms with E-state index in [1.807, 2.05) is 177 Å². The normalized spacial score (nSPS) is 13.4. The summed E-state index contributed by atoms with van der Waals surface area (Å²) in [4.78, 5) is 2.93. The molecule has 0 saturated heterocycles. The van der Waals surface area contributed by atoms with Crippen molar-refractivity contribution in [2.45, 2.75) is 55.4 Å². The van der Waals surface area contributed by atoms with E-state index in [0.717, 1.165) is 44.5 Å². The van der Waals surface area contributed by atoms with Gasteiger partial charge < -0.3 is 9.80 Å². The summed E-state index contributed by atoms with van der Waals surface area (Å²) >= 11 is 0. The van der Waals surface area contributed by atoms with Gasteiger partial charge in [0, 0.05) is 44.4 Å². The molecule has 0 fully saturated rings. The number of benzene rings is 12. The molecule has 0 N–H and O–H groups in total. The van der Waals surface area contributed by atoms with Crippen LogP contribution < -0.4 is 9.80 Å². The smallest absolute Gasteiger partial charge is 0.155 e. The third-order valence-electron chi connectivity index (χ3n) is 14.9. The lowest BCUT2D eigenvalue weighted by molar-refractivity contribution is 0.632. The van der Waals surface area contributed by atoms with Crippen LogP contribution in [0.1, 0.15) is 58.2 Å². The molecule has 0 aliphatic rings. The van der Waals surface area contributed by atoms with E-state index >= 15 is 8.78 Å². The van der Waals surface area contributed by atoms with Crippen LogP contribution in [0.3, 0.4) is 0 Å². The van der Waals surface area contributed by atoms with Gasteiger partial charge in [-0.1, -0.05) is 192 Å². The molecule has 0 radical (unpaired) electrons. The van der Waals surface area contributed by atoms with Gasteiger partial charge in [0.05, 0.1) is 36.5 Å². The summed E-state index contributed by atoms with van der Waals surface area (Å²) in [6.07, 6.45) is 0. The molecule has 0 saturated carbocycles. The first-order valence-corrected chi connectivity index (χ1v) is 25.4. The minimum atomic E-state index is -0.701. The molecule has 12 rings (SSSR count). The molecule has 370 valence electrons. The Kier molecular flexibility index (Phi) is 9.51. The van der Waals surface area contributed by atoms with E-state index in [2.05, 4.69) is 0 Å². The van der Waals surface area contributed by atoms with Gasteiger partial charge in [0.15, 0.2) is 11.6 Å². The van der Waals surface area contributed by atoms with Gasteiger partial charge in [-0.2, -0.15) is 0 Å². The fourth-order valence-electron chi connectivity index (χ4n) is 11.5. The number of para-hydroxylation sites is 2. The lowest BCUT2D eigenvalue weighted by Gasteiger charge is -2.32. The summed E-state index contributed by atoms with van der Waals surface area (Å²) < 4.78 is 130. The van der Waals surface area contributed by atoms with E-state index in [4.69, 9.17) is 8.22 Å². The van der Waals surface area contributed by atoms with E-state index in [9.17, 15) is 5.48 Å². The maximum absolute atomic E-state index is 19.0. The zero-order valence-electron chi connectivity index (χ0n) is 53.5. The molecule has 0 heterocycles. The standard InChI is InChI=1S/C72H58F2N2/c1-43-19-27-55(47(5)39-43)59-33-35-61(57-29-21-45(3)41-49(57)7)71(69(59)73)75(53-15-11-9-12-16-53)65-37-25-51-24-32-64-66(38-26-52-23-31-63(65)67(51)68(52)64)76(54-17-13-10-14-18-54)72-62(58-30-22-46(4)42-50(58)8)36-34-60(70(72)74)56-28-20-44(2)40-48(56)6/h9-42H,1-8H3/i9D,10D,11D,12D,13D,14D,15D,16D,17D,18D. The maximum atomic E-state index is 19.0. The quantitative estimate of drug-likeness (QED) is 0.126. The minimum Gasteiger partial charge on any atom is -0.307 e. The van der Waals surface area contributed by atoms with Crippen LogP contribution in [0.4, 0.5) is 42.9 Å². The summed E-state index contributed by atoms with van der Waals surface area (Å²) in [5.41, 5.74) is 10.7. The molecular weight excluding hydrogens is 931 g/mol. The van der Waals surface area contributed by atoms with Gasteiger partial charge in [0.2, 0.25) is 0 Å². The van der Waals surface area contributed by atoms with Crippen molar-refractivity contribution in [2.75, 3.05) is 9.80 Å². The second-order valence-corrected chi connectivity index (χ2v) is 20.1. The van der Waals surface area contributed by atoms with E-state index in [-0.39, 0.29) is 45.3 Å². The average molecular weight is 999 g/mol. The van der Waals surface area contributed by atoms with E-state index in [0.29, 0.717) is 65.7 Å². The SMILES string of the molecule is [2H]c1c([2H])c([2H])c(N(c2c(-c3ccc(C)cc3C)ccc(-c3ccc(C)cc3C)c2F)c2ccc3ccc4c(N(c5c([2H])c([2H])c([2H])c([2H])c5[2H])c5c(-c6ccc(C)cc6C)ccc(-c6ccc(C)cc6C)c5F)ccc5ccc2c3c54)c([2H])c1[2H]. The molecule has 12 aromatic rings. The van der Waals surface area contributed by atoms with Crippen molar-refractivity contribution < 1.29 is 22.5 Å². The van der Waals surface area contributed by atoms with Gasteiger partial charge >= 0.3 is 0 Å². The van der Waals surface area contributed by atoms with Crippen LogP contribution in [-0.4, -0.2) is 0 Å². The molecule has 12 aromatic carbocycles. The Hall–Kier alpha value is -8.86. The summed E-state index contributed by atoms with van der Waals surface area (Å²) in [5, 5.41) is 3.59. The van der Waals surface area contributed by atoms with E-state index < -0.39 is 72.1 Å². The highest BCUT2D eigenvalue weighted by molar-refractivity contribution is 6.28. The third-order valence-corrected chi connectivity index (χ3v) is 14.9. The van der Waals surface area contributed by atoms with Gasteiger partial charge in [-0.05, 0) is 158 Å². The van der Waals surface area contributed by atoms with E-state index in [1.54, 1.807) is 24.3 Å². The number of rotatable bonds is 10. The lowest BCUT2D eigenvalue weighted by Crippen LogP contribution is -2.15. The van der Waals surface area contributed by atoms with Crippen LogP contribution in [0, 0.1) is 67.0 Å². The molecule has 0 spiro atoms. The minimum absolute atomic E-state index is 0.0610. The van der Waals surface area contributed by atoms with Crippen LogP contribution in [-0.2, 0) is 0 Å². The predicted molar refractivity (Wildman–Crippen MR) is 319 cm³/mol. The molecule has 76 heavy (non-hydrogen) atoms. The van der Waals surface area contributed by atoms with Crippen molar-refractivity contribution in [2.24, 2.45) is 0 Å². The molecular formula is C72H58F2N2. The first kappa shape index (κ1) is 37.8. The second kappa shape index (κ2) is 19.1. The van der Waals surface area contributed by atoms with Crippen LogP contribution in [0.15, 0.2) is 206 Å². The molecule has 2 nitrogen and oxygen atoms in total. The van der Waals surface area contributed by atoms with Crippen LogP contribution >= 0.6 is 0 Å². The molecule has 4 heteroatoms. The van der Waals surface area contributed by atoms with Gasteiger partial charge in [-0.3, -0.25) is 0 Å². The average Bonchev–Trinajstić information content (AvgIpc) is 0.837. The Bertz CT molecular complexity index is 4500. The van der Waals surface area contributed by atoms with Gasteiger partial charge in [0.1, 0.15) is 0 Å². The zero-order valence-corrected chi connectivity index (χ0v) is 43.5. The third kappa shape index (κ3) is 8.17. The van der Waals surface area contributed by atoms with Crippen molar-refractivity contribution in [1.29, 1.82) is 0 Å². The van der Waals surface area contributed by atoms with Crippen molar-refractivity contribution in [3.63, 3.8) is 0 Å². The second-order valence-electron chi connectivity index (χ2n) is 20.1. The summed E-state index contributed by atoms with van der Waals surface area (Å²) in [6.45, 7) is 15.5. The summed E-state index contributed by atoms with van der Waals surface area (Å²) in [7, 11) is 0. The van der Waals surface area contributed by atoms with Crippen LogP contribution in [0.25, 0.3) is 76.8 Å². The first-order chi connectivity index (χ1) is 41.0. The summed E-state index contributed by atoms with van der Waals surface area (Å²) in [6, 6.07) is 38.9. The molecule has 0 aliphatic heterocycles. The Balaban J connectivity index is 1.23. The molecule has 0 bridgehead atoms. The molecule has 0 atom stereocenters. The van der Waals surface area contributed by atoms with Crippen molar-refractivity contribution in [1.82, 2.24) is 0 Å². The Morgan fingerprint density at radius 1 is 0.316 bits per heavy atom. The highest BCUT2D eigenvalue weighted by atomic mass is 19.1. The highest BCUT2D eigenvalue weighted by Crippen LogP contribution is 2.53. The van der Waals surface area contributed by atoms with Crippen molar-refractivity contribution >= 4 is 66.4 Å². The highest BCUT2D eigenvalue weighted by Gasteiger charge is 2.30. The first-order valence-electron chi connectivity index (χ1n) is 30.4. The number of anilines is 6.